The highest BCUT2D eigenvalue weighted by Gasteiger charge is 2.24. The Kier molecular flexibility index (Phi) is 4.94. The summed E-state index contributed by atoms with van der Waals surface area (Å²) in [6, 6.07) is 1.96. The number of hydrogen-bond donors (Lipinski definition) is 1. The minimum Gasteiger partial charge on any atom is -0.396 e. The minimum atomic E-state index is 0.152. The van der Waals surface area contributed by atoms with E-state index in [0.29, 0.717) is 12.5 Å². The predicted octanol–water partition coefficient (Wildman–Crippen LogP) is 2.44. The highest BCUT2D eigenvalue weighted by atomic mass is 32.1. The Labute approximate surface area is 140 Å². The molecule has 0 spiro atoms. The molecular formula is C17H23N3O2S. The topological polar surface area (TPSA) is 58.4 Å². The molecule has 2 aromatic heterocycles. The summed E-state index contributed by atoms with van der Waals surface area (Å²) in [6.07, 6.45) is 3.89. The third-order valence-corrected chi connectivity index (χ3v) is 5.33. The lowest BCUT2D eigenvalue weighted by Gasteiger charge is -2.31. The van der Waals surface area contributed by atoms with Crippen LogP contribution < -0.4 is 0 Å². The number of aromatic nitrogens is 2. The molecule has 6 heteroatoms. The number of nitrogens with zero attached hydrogens (tertiary/aromatic N) is 3. The van der Waals surface area contributed by atoms with E-state index in [1.165, 1.54) is 0 Å². The van der Waals surface area contributed by atoms with Crippen molar-refractivity contribution in [3.05, 3.63) is 34.6 Å². The summed E-state index contributed by atoms with van der Waals surface area (Å²) in [4.78, 5) is 19.2. The van der Waals surface area contributed by atoms with Crippen LogP contribution in [0.25, 0.3) is 5.13 Å². The van der Waals surface area contributed by atoms with Gasteiger partial charge in [0.1, 0.15) is 0 Å². The van der Waals surface area contributed by atoms with Gasteiger partial charge in [-0.2, -0.15) is 0 Å². The number of hydrogen-bond acceptors (Lipinski definition) is 5. The van der Waals surface area contributed by atoms with Gasteiger partial charge in [0, 0.05) is 41.7 Å². The van der Waals surface area contributed by atoms with E-state index in [2.05, 4.69) is 9.88 Å². The van der Waals surface area contributed by atoms with Crippen LogP contribution in [0.1, 0.15) is 34.6 Å². The summed E-state index contributed by atoms with van der Waals surface area (Å²) in [5, 5.41) is 12.2. The van der Waals surface area contributed by atoms with Crippen molar-refractivity contribution in [1.82, 2.24) is 14.5 Å². The van der Waals surface area contributed by atoms with Gasteiger partial charge >= 0.3 is 0 Å². The van der Waals surface area contributed by atoms with Crippen LogP contribution in [0.5, 0.6) is 0 Å². The number of thiazole rings is 1. The molecule has 124 valence electrons. The highest BCUT2D eigenvalue weighted by Crippen LogP contribution is 2.23. The SMILES string of the molecule is Cc1cc(C(=O)CN2CCCC(CO)C2)c(C)n1-c1nccs1. The van der Waals surface area contributed by atoms with Gasteiger partial charge in [-0.05, 0) is 45.2 Å². The number of rotatable bonds is 5. The van der Waals surface area contributed by atoms with Crippen LogP contribution in [0.2, 0.25) is 0 Å². The molecule has 1 saturated heterocycles. The second-order valence-corrected chi connectivity index (χ2v) is 7.16. The number of aliphatic hydroxyl groups is 1. The van der Waals surface area contributed by atoms with Gasteiger partial charge in [-0.1, -0.05) is 0 Å². The van der Waals surface area contributed by atoms with E-state index >= 15 is 0 Å². The fourth-order valence-corrected chi connectivity index (χ4v) is 4.15. The number of piperidine rings is 1. The van der Waals surface area contributed by atoms with Gasteiger partial charge in [-0.3, -0.25) is 14.3 Å². The van der Waals surface area contributed by atoms with Crippen molar-refractivity contribution >= 4 is 17.1 Å². The van der Waals surface area contributed by atoms with Crippen molar-refractivity contribution in [2.75, 3.05) is 26.2 Å². The quantitative estimate of drug-likeness (QED) is 0.854. The third-order valence-electron chi connectivity index (χ3n) is 4.57. The largest absolute Gasteiger partial charge is 0.396 e. The second kappa shape index (κ2) is 6.95. The molecule has 23 heavy (non-hydrogen) atoms. The maximum Gasteiger partial charge on any atom is 0.193 e. The highest BCUT2D eigenvalue weighted by molar-refractivity contribution is 7.12. The number of Topliss-reactive ketones (excluding diaryl/α,β-unsaturated/α-hetero) is 1. The molecule has 0 saturated carbocycles. The Morgan fingerprint density at radius 3 is 3.00 bits per heavy atom. The smallest absolute Gasteiger partial charge is 0.193 e. The number of carbonyl (C=O) groups is 1. The number of carbonyl (C=O) groups excluding carboxylic acids is 1. The van der Waals surface area contributed by atoms with Crippen molar-refractivity contribution in [2.45, 2.75) is 26.7 Å². The van der Waals surface area contributed by atoms with Crippen LogP contribution in [0.3, 0.4) is 0 Å². The average molecular weight is 333 g/mol. The molecule has 3 heterocycles. The van der Waals surface area contributed by atoms with Crippen LogP contribution in [0, 0.1) is 19.8 Å². The van der Waals surface area contributed by atoms with E-state index < -0.39 is 0 Å². The normalized spacial score (nSPS) is 19.2. The zero-order valence-electron chi connectivity index (χ0n) is 13.7. The van der Waals surface area contributed by atoms with Gasteiger partial charge in [-0.25, -0.2) is 4.98 Å². The van der Waals surface area contributed by atoms with E-state index in [1.54, 1.807) is 17.5 Å². The first-order chi connectivity index (χ1) is 11.1. The number of aliphatic hydroxyl groups excluding tert-OH is 1. The summed E-state index contributed by atoms with van der Waals surface area (Å²) in [5.74, 6) is 0.457. The lowest BCUT2D eigenvalue weighted by Crippen LogP contribution is -2.39. The fraction of sp³-hybridized carbons (Fsp3) is 0.529. The summed E-state index contributed by atoms with van der Waals surface area (Å²) < 4.78 is 2.05. The van der Waals surface area contributed by atoms with E-state index in [9.17, 15) is 9.90 Å². The Balaban J connectivity index is 1.77. The lowest BCUT2D eigenvalue weighted by atomic mass is 9.98. The molecule has 0 aromatic carbocycles. The third kappa shape index (κ3) is 3.39. The molecule has 2 aromatic rings. The molecule has 0 amide bonds. The molecule has 0 aliphatic carbocycles. The molecule has 3 rings (SSSR count). The molecular weight excluding hydrogens is 310 g/mol. The molecule has 1 unspecified atom stereocenters. The molecule has 1 N–H and O–H groups in total. The Bertz CT molecular complexity index is 678. The zero-order valence-corrected chi connectivity index (χ0v) is 14.5. The van der Waals surface area contributed by atoms with E-state index in [4.69, 9.17) is 0 Å². The number of aryl methyl sites for hydroxylation is 1. The second-order valence-electron chi connectivity index (χ2n) is 6.28. The van der Waals surface area contributed by atoms with Crippen LogP contribution in [0.15, 0.2) is 17.6 Å². The van der Waals surface area contributed by atoms with Crippen molar-refractivity contribution in [3.8, 4) is 5.13 Å². The van der Waals surface area contributed by atoms with E-state index in [1.807, 2.05) is 29.9 Å². The molecule has 5 nitrogen and oxygen atoms in total. The zero-order chi connectivity index (χ0) is 16.4. The van der Waals surface area contributed by atoms with E-state index in [0.717, 1.165) is 48.0 Å². The van der Waals surface area contributed by atoms with Crippen molar-refractivity contribution in [1.29, 1.82) is 0 Å². The van der Waals surface area contributed by atoms with Crippen LogP contribution in [-0.4, -0.2) is 51.6 Å². The maximum atomic E-state index is 12.7. The van der Waals surface area contributed by atoms with Gasteiger partial charge in [0.15, 0.2) is 10.9 Å². The van der Waals surface area contributed by atoms with Crippen molar-refractivity contribution < 1.29 is 9.90 Å². The maximum absolute atomic E-state index is 12.7. The van der Waals surface area contributed by atoms with Crippen molar-refractivity contribution in [3.63, 3.8) is 0 Å². The molecule has 1 fully saturated rings. The van der Waals surface area contributed by atoms with Gasteiger partial charge in [0.25, 0.3) is 0 Å². The van der Waals surface area contributed by atoms with Crippen LogP contribution in [0.4, 0.5) is 0 Å². The Morgan fingerprint density at radius 1 is 1.48 bits per heavy atom. The van der Waals surface area contributed by atoms with Gasteiger partial charge in [0.2, 0.25) is 0 Å². The molecule has 0 bridgehead atoms. The Hall–Kier alpha value is -1.50. The molecule has 1 atom stereocenters. The number of likely N-dealkylation sites (tertiary alicyclic amines) is 1. The summed E-state index contributed by atoms with van der Waals surface area (Å²) in [7, 11) is 0. The average Bonchev–Trinajstić information content (AvgIpc) is 3.15. The summed E-state index contributed by atoms with van der Waals surface area (Å²) in [6.45, 7) is 6.38. The molecule has 1 aliphatic heterocycles. The summed E-state index contributed by atoms with van der Waals surface area (Å²) >= 11 is 1.57. The van der Waals surface area contributed by atoms with Gasteiger partial charge in [0.05, 0.1) is 6.54 Å². The minimum absolute atomic E-state index is 0.152. The van der Waals surface area contributed by atoms with Gasteiger partial charge in [-0.15, -0.1) is 11.3 Å². The monoisotopic (exact) mass is 333 g/mol. The lowest BCUT2D eigenvalue weighted by molar-refractivity contribution is 0.0833. The van der Waals surface area contributed by atoms with Gasteiger partial charge < -0.3 is 5.11 Å². The van der Waals surface area contributed by atoms with Crippen LogP contribution >= 0.6 is 11.3 Å². The predicted molar refractivity (Wildman–Crippen MR) is 91.5 cm³/mol. The molecule has 1 aliphatic rings. The van der Waals surface area contributed by atoms with E-state index in [-0.39, 0.29) is 12.4 Å². The first-order valence-corrected chi connectivity index (χ1v) is 8.93. The standard InChI is InChI=1S/C17H23N3O2S/c1-12-8-15(13(2)20(12)17-18-5-7-23-17)16(22)10-19-6-3-4-14(9-19)11-21/h5,7-8,14,21H,3-4,6,9-11H2,1-2H3. The van der Waals surface area contributed by atoms with Crippen LogP contribution in [-0.2, 0) is 0 Å². The fourth-order valence-electron chi connectivity index (χ4n) is 3.40. The van der Waals surface area contributed by atoms with Crippen molar-refractivity contribution in [2.24, 2.45) is 5.92 Å². The number of ketones is 1. The molecule has 0 radical (unpaired) electrons. The Morgan fingerprint density at radius 2 is 2.30 bits per heavy atom. The first kappa shape index (κ1) is 16.4. The summed E-state index contributed by atoms with van der Waals surface area (Å²) in [5.41, 5.74) is 2.77. The first-order valence-electron chi connectivity index (χ1n) is 8.05.